The second-order valence-corrected chi connectivity index (χ2v) is 6.87. The van der Waals surface area contributed by atoms with E-state index in [1.807, 2.05) is 6.92 Å². The molecular weight excluding hydrogens is 296 g/mol. The van der Waals surface area contributed by atoms with Gasteiger partial charge in [0.1, 0.15) is 0 Å². The largest absolute Gasteiger partial charge is 0.256 e. The minimum atomic E-state index is -3.54. The fourth-order valence-electron chi connectivity index (χ4n) is 1.94. The highest BCUT2D eigenvalue weighted by Crippen LogP contribution is 2.21. The Morgan fingerprint density at radius 3 is 2.85 bits per heavy atom. The van der Waals surface area contributed by atoms with Crippen LogP contribution in [-0.4, -0.2) is 25.3 Å². The van der Waals surface area contributed by atoms with Crippen LogP contribution in [0.1, 0.15) is 19.8 Å². The van der Waals surface area contributed by atoms with Gasteiger partial charge in [-0.1, -0.05) is 13.0 Å². The molecule has 0 aliphatic rings. The molecule has 1 heterocycles. The molecule has 6 heteroatoms. The molecule has 0 amide bonds. The zero-order valence-electron chi connectivity index (χ0n) is 11.2. The number of pyridine rings is 1. The van der Waals surface area contributed by atoms with Crippen molar-refractivity contribution in [1.82, 2.24) is 9.71 Å². The molecular formula is C14H17ClN2O2S. The number of halogens is 1. The fraction of sp³-hybridized carbons (Fsp3) is 0.357. The number of aromatic nitrogens is 1. The zero-order valence-corrected chi connectivity index (χ0v) is 12.8. The lowest BCUT2D eigenvalue weighted by Gasteiger charge is -2.10. The standard InChI is InChI=1S/C14H17ClN2O2S/c1-2-11(15)8-10-17-20(18,19)14-7-3-6-13-12(14)5-4-9-16-13/h3-7,9,11,17H,2,8,10H2,1H3. The molecule has 0 radical (unpaired) electrons. The molecule has 0 aliphatic carbocycles. The third-order valence-electron chi connectivity index (χ3n) is 3.09. The van der Waals surface area contributed by atoms with Crippen LogP contribution in [0.2, 0.25) is 0 Å². The van der Waals surface area contributed by atoms with Gasteiger partial charge in [-0.25, -0.2) is 13.1 Å². The smallest absolute Gasteiger partial charge is 0.241 e. The number of alkyl halides is 1. The van der Waals surface area contributed by atoms with Crippen molar-refractivity contribution in [2.24, 2.45) is 0 Å². The van der Waals surface area contributed by atoms with Gasteiger partial charge >= 0.3 is 0 Å². The van der Waals surface area contributed by atoms with E-state index in [2.05, 4.69) is 9.71 Å². The molecule has 1 atom stereocenters. The summed E-state index contributed by atoms with van der Waals surface area (Å²) in [6, 6.07) is 8.56. The van der Waals surface area contributed by atoms with E-state index in [0.717, 1.165) is 6.42 Å². The molecule has 1 N–H and O–H groups in total. The van der Waals surface area contributed by atoms with Crippen molar-refractivity contribution in [2.75, 3.05) is 6.54 Å². The van der Waals surface area contributed by atoms with Gasteiger partial charge in [-0.05, 0) is 37.1 Å². The van der Waals surface area contributed by atoms with Gasteiger partial charge < -0.3 is 0 Å². The highest BCUT2D eigenvalue weighted by molar-refractivity contribution is 7.89. The molecule has 108 valence electrons. The van der Waals surface area contributed by atoms with Crippen molar-refractivity contribution in [3.8, 4) is 0 Å². The molecule has 0 bridgehead atoms. The second kappa shape index (κ2) is 6.52. The van der Waals surface area contributed by atoms with E-state index in [4.69, 9.17) is 11.6 Å². The Hall–Kier alpha value is -1.17. The highest BCUT2D eigenvalue weighted by Gasteiger charge is 2.17. The molecule has 1 aromatic heterocycles. The van der Waals surface area contributed by atoms with Crippen molar-refractivity contribution < 1.29 is 8.42 Å². The van der Waals surface area contributed by atoms with Crippen LogP contribution in [-0.2, 0) is 10.0 Å². The molecule has 1 unspecified atom stereocenters. The summed E-state index contributed by atoms with van der Waals surface area (Å²) in [7, 11) is -3.54. The van der Waals surface area contributed by atoms with Crippen molar-refractivity contribution in [1.29, 1.82) is 0 Å². The third-order valence-corrected chi connectivity index (χ3v) is 5.13. The van der Waals surface area contributed by atoms with E-state index in [0.29, 0.717) is 23.9 Å². The molecule has 2 rings (SSSR count). The summed E-state index contributed by atoms with van der Waals surface area (Å²) in [5.74, 6) is 0. The second-order valence-electron chi connectivity index (χ2n) is 4.52. The number of nitrogens with one attached hydrogen (secondary N) is 1. The maximum Gasteiger partial charge on any atom is 0.241 e. The van der Waals surface area contributed by atoms with Crippen molar-refractivity contribution in [2.45, 2.75) is 30.0 Å². The number of sulfonamides is 1. The lowest BCUT2D eigenvalue weighted by atomic mass is 10.2. The van der Waals surface area contributed by atoms with Crippen LogP contribution in [0.4, 0.5) is 0 Å². The normalized spacial score (nSPS) is 13.5. The third kappa shape index (κ3) is 3.48. The maximum atomic E-state index is 12.3. The summed E-state index contributed by atoms with van der Waals surface area (Å²) in [5.41, 5.74) is 0.666. The van der Waals surface area contributed by atoms with Gasteiger partial charge in [0, 0.05) is 23.5 Å². The number of fused-ring (bicyclic) bond motifs is 1. The maximum absolute atomic E-state index is 12.3. The van der Waals surface area contributed by atoms with Crippen molar-refractivity contribution in [3.05, 3.63) is 36.5 Å². The van der Waals surface area contributed by atoms with Crippen LogP contribution >= 0.6 is 11.6 Å². The molecule has 1 aromatic carbocycles. The Bertz CT molecular complexity index is 683. The van der Waals surface area contributed by atoms with E-state index in [9.17, 15) is 8.42 Å². The summed E-state index contributed by atoms with van der Waals surface area (Å²) in [5, 5.41) is 0.618. The van der Waals surface area contributed by atoms with E-state index in [1.54, 1.807) is 36.5 Å². The number of hydrogen-bond acceptors (Lipinski definition) is 3. The first-order chi connectivity index (χ1) is 9.54. The Morgan fingerprint density at radius 2 is 2.10 bits per heavy atom. The summed E-state index contributed by atoms with van der Waals surface area (Å²) >= 11 is 5.99. The van der Waals surface area contributed by atoms with Crippen LogP contribution in [0, 0.1) is 0 Å². The van der Waals surface area contributed by atoms with Crippen molar-refractivity contribution >= 4 is 32.5 Å². The SMILES string of the molecule is CCC(Cl)CCNS(=O)(=O)c1cccc2ncccc12. The summed E-state index contributed by atoms with van der Waals surface area (Å²) in [6.45, 7) is 2.31. The van der Waals surface area contributed by atoms with Gasteiger partial charge in [0.15, 0.2) is 0 Å². The minimum absolute atomic E-state index is 0.00751. The number of rotatable bonds is 6. The Labute approximate surface area is 124 Å². The van der Waals surface area contributed by atoms with Gasteiger partial charge in [-0.2, -0.15) is 0 Å². The molecule has 0 saturated heterocycles. The van der Waals surface area contributed by atoms with Crippen LogP contribution in [0.5, 0.6) is 0 Å². The average Bonchev–Trinajstić information content (AvgIpc) is 2.46. The Balaban J connectivity index is 2.24. The summed E-state index contributed by atoms with van der Waals surface area (Å²) < 4.78 is 27.3. The predicted octanol–water partition coefficient (Wildman–Crippen LogP) is 2.92. The molecule has 2 aromatic rings. The Morgan fingerprint density at radius 1 is 1.30 bits per heavy atom. The average molecular weight is 313 g/mol. The first-order valence-corrected chi connectivity index (χ1v) is 8.44. The van der Waals surface area contributed by atoms with Gasteiger partial charge in [0.05, 0.1) is 10.4 Å². The highest BCUT2D eigenvalue weighted by atomic mass is 35.5. The number of benzene rings is 1. The topological polar surface area (TPSA) is 59.1 Å². The number of nitrogens with zero attached hydrogens (tertiary/aromatic N) is 1. The quantitative estimate of drug-likeness (QED) is 0.834. The monoisotopic (exact) mass is 312 g/mol. The zero-order chi connectivity index (χ0) is 14.6. The lowest BCUT2D eigenvalue weighted by Crippen LogP contribution is -2.26. The minimum Gasteiger partial charge on any atom is -0.256 e. The lowest BCUT2D eigenvalue weighted by molar-refractivity contribution is 0.577. The van der Waals surface area contributed by atoms with E-state index in [-0.39, 0.29) is 10.3 Å². The van der Waals surface area contributed by atoms with Crippen molar-refractivity contribution in [3.63, 3.8) is 0 Å². The molecule has 0 aliphatic heterocycles. The van der Waals surface area contributed by atoms with Crippen LogP contribution in [0.3, 0.4) is 0 Å². The molecule has 0 spiro atoms. The first kappa shape index (κ1) is 15.2. The van der Waals surface area contributed by atoms with E-state index >= 15 is 0 Å². The summed E-state index contributed by atoms with van der Waals surface area (Å²) in [4.78, 5) is 4.42. The van der Waals surface area contributed by atoms with Gasteiger partial charge in [-0.3, -0.25) is 4.98 Å². The molecule has 0 fully saturated rings. The van der Waals surface area contributed by atoms with Gasteiger partial charge in [-0.15, -0.1) is 11.6 Å². The van der Waals surface area contributed by atoms with Crippen LogP contribution < -0.4 is 4.72 Å². The van der Waals surface area contributed by atoms with E-state index in [1.165, 1.54) is 0 Å². The molecule has 20 heavy (non-hydrogen) atoms. The fourth-order valence-corrected chi connectivity index (χ4v) is 3.31. The van der Waals surface area contributed by atoms with E-state index < -0.39 is 10.0 Å². The molecule has 0 saturated carbocycles. The Kier molecular flexibility index (Phi) is 4.96. The van der Waals surface area contributed by atoms with Gasteiger partial charge in [0.2, 0.25) is 10.0 Å². The predicted molar refractivity (Wildman–Crippen MR) is 81.5 cm³/mol. The van der Waals surface area contributed by atoms with Crippen LogP contribution in [0.15, 0.2) is 41.4 Å². The van der Waals surface area contributed by atoms with Crippen LogP contribution in [0.25, 0.3) is 10.9 Å². The number of hydrogen-bond donors (Lipinski definition) is 1. The molecule has 4 nitrogen and oxygen atoms in total. The summed E-state index contributed by atoms with van der Waals surface area (Å²) in [6.07, 6.45) is 3.08. The van der Waals surface area contributed by atoms with Gasteiger partial charge in [0.25, 0.3) is 0 Å². The first-order valence-electron chi connectivity index (χ1n) is 6.52.